The largest absolute Gasteiger partial charge is 0.488 e. The molecular formula is C18H25N3O2. The van der Waals surface area contributed by atoms with Crippen LogP contribution in [0.25, 0.3) is 0 Å². The van der Waals surface area contributed by atoms with Gasteiger partial charge in [-0.3, -0.25) is 0 Å². The summed E-state index contributed by atoms with van der Waals surface area (Å²) in [5, 5.41) is 3.43. The Morgan fingerprint density at radius 3 is 3.00 bits per heavy atom. The van der Waals surface area contributed by atoms with Crippen LogP contribution in [0.15, 0.2) is 30.6 Å². The van der Waals surface area contributed by atoms with Gasteiger partial charge in [-0.05, 0) is 26.8 Å². The number of hydrogen-bond donors (Lipinski definition) is 1. The summed E-state index contributed by atoms with van der Waals surface area (Å²) in [6.45, 7) is 7.66. The average Bonchev–Trinajstić information content (AvgIpc) is 3.05. The molecule has 0 spiro atoms. The molecule has 1 atom stereocenters. The van der Waals surface area contributed by atoms with Gasteiger partial charge in [0.05, 0.1) is 6.04 Å². The van der Waals surface area contributed by atoms with Crippen LogP contribution in [0.3, 0.4) is 0 Å². The minimum Gasteiger partial charge on any atom is -0.488 e. The zero-order valence-electron chi connectivity index (χ0n) is 14.3. The van der Waals surface area contributed by atoms with E-state index in [1.165, 1.54) is 5.56 Å². The molecule has 0 bridgehead atoms. The van der Waals surface area contributed by atoms with Gasteiger partial charge in [-0.15, -0.1) is 0 Å². The SMILES string of the molecule is C[C@@H](NCCOc1cccc2c1OC(C)(C)C2)c1nccn1C. The van der Waals surface area contributed by atoms with E-state index in [0.717, 1.165) is 30.3 Å². The van der Waals surface area contributed by atoms with Crippen molar-refractivity contribution in [1.82, 2.24) is 14.9 Å². The third-order valence-electron chi connectivity index (χ3n) is 4.11. The van der Waals surface area contributed by atoms with Crippen molar-refractivity contribution in [3.05, 3.63) is 42.0 Å². The number of hydrogen-bond acceptors (Lipinski definition) is 4. The third kappa shape index (κ3) is 3.50. The van der Waals surface area contributed by atoms with E-state index in [9.17, 15) is 0 Å². The molecule has 5 nitrogen and oxygen atoms in total. The van der Waals surface area contributed by atoms with E-state index in [4.69, 9.17) is 9.47 Å². The molecule has 0 aliphatic carbocycles. The molecule has 2 heterocycles. The highest BCUT2D eigenvalue weighted by Gasteiger charge is 2.32. The fourth-order valence-corrected chi connectivity index (χ4v) is 3.02. The van der Waals surface area contributed by atoms with Crippen molar-refractivity contribution in [2.75, 3.05) is 13.2 Å². The Hall–Kier alpha value is -2.01. The standard InChI is InChI=1S/C18H25N3O2/c1-13(17-20-8-10-21(17)4)19-9-11-22-15-7-5-6-14-12-18(2,3)23-16(14)15/h5-8,10,13,19H,9,11-12H2,1-4H3/t13-/m1/s1. The number of imidazole rings is 1. The first kappa shape index (κ1) is 15.9. The number of aromatic nitrogens is 2. The van der Waals surface area contributed by atoms with Crippen LogP contribution in [0.4, 0.5) is 0 Å². The quantitative estimate of drug-likeness (QED) is 0.833. The Labute approximate surface area is 137 Å². The molecule has 0 saturated carbocycles. The summed E-state index contributed by atoms with van der Waals surface area (Å²) >= 11 is 0. The molecular weight excluding hydrogens is 290 g/mol. The number of fused-ring (bicyclic) bond motifs is 1. The number of nitrogens with zero attached hydrogens (tertiary/aromatic N) is 2. The molecule has 0 radical (unpaired) electrons. The van der Waals surface area contributed by atoms with Gasteiger partial charge >= 0.3 is 0 Å². The molecule has 1 N–H and O–H groups in total. The predicted molar refractivity (Wildman–Crippen MR) is 90.0 cm³/mol. The van der Waals surface area contributed by atoms with Crippen LogP contribution in [-0.2, 0) is 13.5 Å². The number of ether oxygens (including phenoxy) is 2. The Kier molecular flexibility index (Phi) is 4.31. The van der Waals surface area contributed by atoms with Gasteiger partial charge in [-0.25, -0.2) is 4.98 Å². The second-order valence-corrected chi connectivity index (χ2v) is 6.70. The summed E-state index contributed by atoms with van der Waals surface area (Å²) in [6, 6.07) is 6.30. The minimum absolute atomic E-state index is 0.146. The lowest BCUT2D eigenvalue weighted by Crippen LogP contribution is -2.26. The molecule has 1 aliphatic rings. The number of para-hydroxylation sites is 1. The Balaban J connectivity index is 1.53. The first-order chi connectivity index (χ1) is 11.0. The first-order valence-corrected chi connectivity index (χ1v) is 8.10. The summed E-state index contributed by atoms with van der Waals surface area (Å²) in [5.41, 5.74) is 1.08. The van der Waals surface area contributed by atoms with E-state index < -0.39 is 0 Å². The van der Waals surface area contributed by atoms with E-state index in [1.54, 1.807) is 0 Å². The topological polar surface area (TPSA) is 48.3 Å². The minimum atomic E-state index is -0.146. The molecule has 0 saturated heterocycles. The van der Waals surface area contributed by atoms with Gasteiger partial charge in [-0.2, -0.15) is 0 Å². The van der Waals surface area contributed by atoms with E-state index in [1.807, 2.05) is 36.1 Å². The number of aryl methyl sites for hydroxylation is 1. The number of nitrogens with one attached hydrogen (secondary N) is 1. The molecule has 1 aromatic carbocycles. The van der Waals surface area contributed by atoms with Crippen molar-refractivity contribution in [3.63, 3.8) is 0 Å². The summed E-state index contributed by atoms with van der Waals surface area (Å²) < 4.78 is 14.0. The van der Waals surface area contributed by atoms with Crippen LogP contribution in [0.1, 0.15) is 38.2 Å². The molecule has 0 amide bonds. The van der Waals surface area contributed by atoms with Gasteiger partial charge in [-0.1, -0.05) is 12.1 Å². The monoisotopic (exact) mass is 315 g/mol. The van der Waals surface area contributed by atoms with Gasteiger partial charge in [0.15, 0.2) is 11.5 Å². The maximum atomic E-state index is 6.02. The lowest BCUT2D eigenvalue weighted by Gasteiger charge is -2.18. The number of rotatable bonds is 6. The molecule has 124 valence electrons. The predicted octanol–water partition coefficient (Wildman–Crippen LogP) is 2.86. The van der Waals surface area contributed by atoms with E-state index in [2.05, 4.69) is 37.1 Å². The van der Waals surface area contributed by atoms with Gasteiger partial charge in [0, 0.05) is 38.0 Å². The highest BCUT2D eigenvalue weighted by atomic mass is 16.5. The van der Waals surface area contributed by atoms with Crippen molar-refractivity contribution in [2.24, 2.45) is 7.05 Å². The Morgan fingerprint density at radius 1 is 1.43 bits per heavy atom. The van der Waals surface area contributed by atoms with Crippen LogP contribution in [0, 0.1) is 0 Å². The molecule has 0 unspecified atom stereocenters. The zero-order valence-corrected chi connectivity index (χ0v) is 14.3. The van der Waals surface area contributed by atoms with Gasteiger partial charge in [0.25, 0.3) is 0 Å². The summed E-state index contributed by atoms with van der Waals surface area (Å²) in [7, 11) is 2.00. The van der Waals surface area contributed by atoms with Crippen LogP contribution >= 0.6 is 0 Å². The van der Waals surface area contributed by atoms with Crippen LogP contribution < -0.4 is 14.8 Å². The smallest absolute Gasteiger partial charge is 0.165 e. The van der Waals surface area contributed by atoms with Crippen LogP contribution in [0.5, 0.6) is 11.5 Å². The van der Waals surface area contributed by atoms with Crippen molar-refractivity contribution in [1.29, 1.82) is 0 Å². The van der Waals surface area contributed by atoms with Gasteiger partial charge < -0.3 is 19.4 Å². The molecule has 5 heteroatoms. The molecule has 1 aliphatic heterocycles. The molecule has 0 fully saturated rings. The van der Waals surface area contributed by atoms with Crippen molar-refractivity contribution >= 4 is 0 Å². The van der Waals surface area contributed by atoms with Crippen LogP contribution in [0.2, 0.25) is 0 Å². The maximum absolute atomic E-state index is 6.02. The third-order valence-corrected chi connectivity index (χ3v) is 4.11. The molecule has 1 aromatic heterocycles. The average molecular weight is 315 g/mol. The van der Waals surface area contributed by atoms with E-state index >= 15 is 0 Å². The van der Waals surface area contributed by atoms with Gasteiger partial charge in [0.1, 0.15) is 18.0 Å². The Morgan fingerprint density at radius 2 is 2.26 bits per heavy atom. The number of benzene rings is 1. The zero-order chi connectivity index (χ0) is 16.4. The van der Waals surface area contributed by atoms with E-state index in [-0.39, 0.29) is 11.6 Å². The van der Waals surface area contributed by atoms with Gasteiger partial charge in [0.2, 0.25) is 0 Å². The molecule has 23 heavy (non-hydrogen) atoms. The fourth-order valence-electron chi connectivity index (χ4n) is 3.02. The van der Waals surface area contributed by atoms with Crippen molar-refractivity contribution in [2.45, 2.75) is 38.8 Å². The second kappa shape index (κ2) is 6.24. The summed E-state index contributed by atoms with van der Waals surface area (Å²) in [5.74, 6) is 2.75. The van der Waals surface area contributed by atoms with Crippen molar-refractivity contribution < 1.29 is 9.47 Å². The summed E-state index contributed by atoms with van der Waals surface area (Å²) in [6.07, 6.45) is 4.70. The van der Waals surface area contributed by atoms with E-state index in [0.29, 0.717) is 6.61 Å². The molecule has 2 aromatic rings. The fraction of sp³-hybridized carbons (Fsp3) is 0.500. The molecule has 3 rings (SSSR count). The highest BCUT2D eigenvalue weighted by Crippen LogP contribution is 2.41. The maximum Gasteiger partial charge on any atom is 0.165 e. The normalized spacial score (nSPS) is 16.7. The first-order valence-electron chi connectivity index (χ1n) is 8.10. The summed E-state index contributed by atoms with van der Waals surface area (Å²) in [4.78, 5) is 4.36. The lowest BCUT2D eigenvalue weighted by atomic mass is 10.0. The lowest BCUT2D eigenvalue weighted by molar-refractivity contribution is 0.132. The van der Waals surface area contributed by atoms with Crippen molar-refractivity contribution in [3.8, 4) is 11.5 Å². The Bertz CT molecular complexity index is 679. The highest BCUT2D eigenvalue weighted by molar-refractivity contribution is 5.50. The second-order valence-electron chi connectivity index (χ2n) is 6.70. The van der Waals surface area contributed by atoms with Crippen LogP contribution in [-0.4, -0.2) is 28.3 Å².